The number of carbonyl (C=O) groups excluding carboxylic acids is 1. The summed E-state index contributed by atoms with van der Waals surface area (Å²) >= 11 is 3.52. The number of hydrogen-bond acceptors (Lipinski definition) is 8. The van der Waals surface area contributed by atoms with Crippen LogP contribution >= 0.6 is 15.9 Å². The molecule has 2 saturated heterocycles. The summed E-state index contributed by atoms with van der Waals surface area (Å²) < 4.78 is 0.652. The molecule has 1 aliphatic carbocycles. The fourth-order valence-corrected chi connectivity index (χ4v) is 6.55. The van der Waals surface area contributed by atoms with E-state index in [1.165, 1.54) is 44.5 Å². The zero-order chi connectivity index (χ0) is 27.9. The molecule has 2 aliphatic heterocycles. The zero-order valence-electron chi connectivity index (χ0n) is 23.6. The first kappa shape index (κ1) is 28.9. The van der Waals surface area contributed by atoms with E-state index in [0.29, 0.717) is 15.9 Å². The molecule has 0 bridgehead atoms. The van der Waals surface area contributed by atoms with Gasteiger partial charge in [-0.25, -0.2) is 4.98 Å². The zero-order valence-corrected chi connectivity index (χ0v) is 25.2. The van der Waals surface area contributed by atoms with Crippen molar-refractivity contribution in [3.8, 4) is 6.07 Å². The lowest BCUT2D eigenvalue weighted by molar-refractivity contribution is 0.0940. The van der Waals surface area contributed by atoms with Crippen LogP contribution in [0, 0.1) is 17.2 Å². The summed E-state index contributed by atoms with van der Waals surface area (Å²) in [6.45, 7) is 9.06. The predicted octanol–water partition coefficient (Wildman–Crippen LogP) is 4.05. The molecular weight excluding hydrogens is 568 g/mol. The number of hydrogen-bond donors (Lipinski definition) is 1. The molecule has 1 aromatic heterocycles. The third-order valence-electron chi connectivity index (χ3n) is 8.66. The maximum Gasteiger partial charge on any atom is 0.269 e. The van der Waals surface area contributed by atoms with Crippen LogP contribution in [0.25, 0.3) is 0 Å². The lowest BCUT2D eigenvalue weighted by Gasteiger charge is -2.38. The molecule has 10 heteroatoms. The van der Waals surface area contributed by atoms with Gasteiger partial charge in [0.2, 0.25) is 5.82 Å². The number of likely N-dealkylation sites (tertiary alicyclic amines) is 1. The van der Waals surface area contributed by atoms with Crippen molar-refractivity contribution in [1.29, 1.82) is 5.26 Å². The van der Waals surface area contributed by atoms with E-state index in [9.17, 15) is 10.1 Å². The minimum Gasteiger partial charge on any atom is -0.306 e. The van der Waals surface area contributed by atoms with Gasteiger partial charge in [-0.3, -0.25) is 20.1 Å². The van der Waals surface area contributed by atoms with Crippen LogP contribution in [0.3, 0.4) is 0 Å². The standard InChI is InChI=1S/C30H41BrN8O/c1-36-13-11-24(12-14-36)22-38-17-15-37(16-18-38)21-23-7-9-25(10-8-23)30(40)35-39(26-5-3-2-4-6-26)29-27(31)20-33-28(19-32)34-29/h7-10,20,24,26H,2-6,11-18,21-22H2,1H3,(H,35,40). The summed E-state index contributed by atoms with van der Waals surface area (Å²) in [6.07, 6.45) is 9.55. The van der Waals surface area contributed by atoms with Gasteiger partial charge in [0.15, 0.2) is 5.82 Å². The first-order valence-corrected chi connectivity index (χ1v) is 15.5. The van der Waals surface area contributed by atoms with Gasteiger partial charge in [0.25, 0.3) is 5.91 Å². The molecule has 40 heavy (non-hydrogen) atoms. The number of nitriles is 1. The molecule has 1 aromatic carbocycles. The second kappa shape index (κ2) is 13.9. The molecule has 0 unspecified atom stereocenters. The van der Waals surface area contributed by atoms with Crippen LogP contribution in [0.1, 0.15) is 66.7 Å². The van der Waals surface area contributed by atoms with Crippen molar-refractivity contribution in [3.05, 3.63) is 51.9 Å². The molecular formula is C30H41BrN8O. The second-order valence-electron chi connectivity index (χ2n) is 11.6. The normalized spacial score (nSPS) is 20.2. The van der Waals surface area contributed by atoms with Crippen molar-refractivity contribution in [2.45, 2.75) is 57.5 Å². The molecule has 3 fully saturated rings. The van der Waals surface area contributed by atoms with Crippen LogP contribution in [0.4, 0.5) is 5.82 Å². The van der Waals surface area contributed by atoms with Gasteiger partial charge in [-0.1, -0.05) is 31.4 Å². The first-order valence-electron chi connectivity index (χ1n) is 14.7. The van der Waals surface area contributed by atoms with Gasteiger partial charge in [0.05, 0.1) is 10.5 Å². The van der Waals surface area contributed by atoms with Crippen molar-refractivity contribution >= 4 is 27.7 Å². The molecule has 0 radical (unpaired) electrons. The van der Waals surface area contributed by atoms with Gasteiger partial charge in [-0.2, -0.15) is 10.2 Å². The Morgan fingerprint density at radius 1 is 1.02 bits per heavy atom. The number of benzene rings is 1. The molecule has 1 saturated carbocycles. The second-order valence-corrected chi connectivity index (χ2v) is 12.5. The highest BCUT2D eigenvalue weighted by Gasteiger charge is 2.27. The Hall–Kier alpha value is -2.58. The summed E-state index contributed by atoms with van der Waals surface area (Å²) in [4.78, 5) is 29.4. The Kier molecular flexibility index (Phi) is 10.0. The Morgan fingerprint density at radius 3 is 2.38 bits per heavy atom. The van der Waals surface area contributed by atoms with E-state index in [1.54, 1.807) is 6.20 Å². The van der Waals surface area contributed by atoms with Crippen LogP contribution in [-0.4, -0.2) is 89.5 Å². The Labute approximate surface area is 246 Å². The number of hydrazine groups is 1. The van der Waals surface area contributed by atoms with E-state index in [2.05, 4.69) is 65.2 Å². The average molecular weight is 610 g/mol. The van der Waals surface area contributed by atoms with E-state index < -0.39 is 0 Å². The van der Waals surface area contributed by atoms with Gasteiger partial charge in [0.1, 0.15) is 6.07 Å². The summed E-state index contributed by atoms with van der Waals surface area (Å²) in [5.74, 6) is 1.28. The maximum atomic E-state index is 13.4. The monoisotopic (exact) mass is 608 g/mol. The molecule has 9 nitrogen and oxygen atoms in total. The van der Waals surface area contributed by atoms with Gasteiger partial charge in [0, 0.05) is 51.0 Å². The molecule has 0 atom stereocenters. The third kappa shape index (κ3) is 7.58. The topological polar surface area (TPSA) is 91.6 Å². The van der Waals surface area contributed by atoms with Gasteiger partial charge >= 0.3 is 0 Å². The largest absolute Gasteiger partial charge is 0.306 e. The van der Waals surface area contributed by atoms with Gasteiger partial charge in [-0.15, -0.1) is 0 Å². The van der Waals surface area contributed by atoms with Crippen molar-refractivity contribution < 1.29 is 4.79 Å². The van der Waals surface area contributed by atoms with Gasteiger partial charge < -0.3 is 9.80 Å². The van der Waals surface area contributed by atoms with Crippen LogP contribution < -0.4 is 10.4 Å². The number of piperazine rings is 1. The number of piperidine rings is 1. The Bertz CT molecular complexity index is 1160. The summed E-state index contributed by atoms with van der Waals surface area (Å²) in [6, 6.07) is 10.1. The molecule has 3 aliphatic rings. The predicted molar refractivity (Wildman–Crippen MR) is 160 cm³/mol. The van der Waals surface area contributed by atoms with Crippen molar-refractivity contribution in [1.82, 2.24) is 30.1 Å². The molecule has 214 valence electrons. The van der Waals surface area contributed by atoms with Gasteiger partial charge in [-0.05, 0) is 85.4 Å². The SMILES string of the molecule is CN1CCC(CN2CCN(Cc3ccc(C(=O)NN(c4nc(C#N)ncc4Br)C4CCCCC4)cc3)CC2)CC1. The molecule has 3 heterocycles. The lowest BCUT2D eigenvalue weighted by atomic mass is 9.95. The van der Waals surface area contributed by atoms with E-state index in [-0.39, 0.29) is 17.8 Å². The number of anilines is 1. The number of aromatic nitrogens is 2. The fraction of sp³-hybridized carbons (Fsp3) is 0.600. The number of amides is 1. The molecule has 1 amide bonds. The molecule has 2 aromatic rings. The number of halogens is 1. The third-order valence-corrected chi connectivity index (χ3v) is 9.22. The maximum absolute atomic E-state index is 13.4. The lowest BCUT2D eigenvalue weighted by Crippen LogP contribution is -2.50. The van der Waals surface area contributed by atoms with E-state index >= 15 is 0 Å². The number of carbonyl (C=O) groups is 1. The van der Waals surface area contributed by atoms with Crippen molar-refractivity contribution in [2.24, 2.45) is 5.92 Å². The van der Waals surface area contributed by atoms with E-state index in [0.717, 1.165) is 64.3 Å². The van der Waals surface area contributed by atoms with E-state index in [4.69, 9.17) is 0 Å². The van der Waals surface area contributed by atoms with Crippen molar-refractivity contribution in [3.63, 3.8) is 0 Å². The van der Waals surface area contributed by atoms with Crippen LogP contribution in [0.5, 0.6) is 0 Å². The number of nitrogens with zero attached hydrogens (tertiary/aromatic N) is 7. The minimum atomic E-state index is -0.177. The van der Waals surface area contributed by atoms with Crippen LogP contribution in [0.15, 0.2) is 34.9 Å². The molecule has 1 N–H and O–H groups in total. The smallest absolute Gasteiger partial charge is 0.269 e. The number of rotatable bonds is 8. The minimum absolute atomic E-state index is 0.0836. The Morgan fingerprint density at radius 2 is 1.70 bits per heavy atom. The molecule has 5 rings (SSSR count). The van der Waals surface area contributed by atoms with Crippen LogP contribution in [0.2, 0.25) is 0 Å². The highest BCUT2D eigenvalue weighted by molar-refractivity contribution is 9.10. The number of nitrogens with one attached hydrogen (secondary N) is 1. The summed E-state index contributed by atoms with van der Waals surface area (Å²) in [5.41, 5.74) is 4.93. The Balaban J connectivity index is 1.16. The summed E-state index contributed by atoms with van der Waals surface area (Å²) in [7, 11) is 2.23. The summed E-state index contributed by atoms with van der Waals surface area (Å²) in [5, 5.41) is 11.2. The highest BCUT2D eigenvalue weighted by Crippen LogP contribution is 2.29. The van der Waals surface area contributed by atoms with E-state index in [1.807, 2.05) is 23.2 Å². The molecule has 0 spiro atoms. The van der Waals surface area contributed by atoms with Crippen LogP contribution in [-0.2, 0) is 6.54 Å². The fourth-order valence-electron chi connectivity index (χ4n) is 6.17. The quantitative estimate of drug-likeness (QED) is 0.449. The van der Waals surface area contributed by atoms with Crippen molar-refractivity contribution in [2.75, 3.05) is 57.9 Å². The highest BCUT2D eigenvalue weighted by atomic mass is 79.9. The average Bonchev–Trinajstić information content (AvgIpc) is 2.99. The first-order chi connectivity index (χ1) is 19.5.